The minimum absolute atomic E-state index is 0.457. The molecule has 0 bridgehead atoms. The normalized spacial score (nSPS) is 15.7. The Hall–Kier alpha value is -2.69. The van der Waals surface area contributed by atoms with Crippen LogP contribution in [0.5, 0.6) is 5.75 Å². The van der Waals surface area contributed by atoms with Gasteiger partial charge in [-0.1, -0.05) is 12.1 Å². The fraction of sp³-hybridized carbons (Fsp3) is 0.188. The highest BCUT2D eigenvalue weighted by Crippen LogP contribution is 2.37. The molecule has 1 unspecified atom stereocenters. The number of amides is 1. The number of fused-ring (bicyclic) bond motifs is 1. The average molecular weight is 281 g/mol. The number of carbonyl (C=O) groups excluding carboxylic acids is 1. The largest absolute Gasteiger partial charge is 0.486 e. The molecule has 0 saturated heterocycles. The van der Waals surface area contributed by atoms with E-state index in [4.69, 9.17) is 10.5 Å². The number of benzene rings is 1. The second-order valence-corrected chi connectivity index (χ2v) is 5.01. The topological polar surface area (TPSA) is 77.6 Å². The quantitative estimate of drug-likeness (QED) is 0.934. The van der Waals surface area contributed by atoms with Crippen molar-refractivity contribution in [3.05, 3.63) is 53.9 Å². The summed E-state index contributed by atoms with van der Waals surface area (Å²) in [4.78, 5) is 20.7. The Morgan fingerprint density at radius 3 is 2.90 bits per heavy atom. The fourth-order valence-electron chi connectivity index (χ4n) is 2.39. The van der Waals surface area contributed by atoms with Crippen molar-refractivity contribution in [2.45, 2.75) is 12.3 Å². The van der Waals surface area contributed by atoms with Crippen LogP contribution in [0.3, 0.4) is 0 Å². The standard InChI is InChI=1S/C16H15N3O2/c1-16(15(17)20,14-4-2-3-7-19-14)11-5-6-13-12(10-11)18-8-9-21-13/h2-8,10H,9H2,1H3,(H2,17,20). The first kappa shape index (κ1) is 13.3. The molecule has 5 heteroatoms. The van der Waals surface area contributed by atoms with Crippen molar-refractivity contribution in [2.75, 3.05) is 6.61 Å². The van der Waals surface area contributed by atoms with Gasteiger partial charge in [-0.25, -0.2) is 0 Å². The minimum Gasteiger partial charge on any atom is -0.486 e. The zero-order chi connectivity index (χ0) is 14.9. The number of aromatic nitrogens is 1. The second-order valence-electron chi connectivity index (χ2n) is 5.01. The zero-order valence-electron chi connectivity index (χ0n) is 11.6. The highest BCUT2D eigenvalue weighted by atomic mass is 16.5. The predicted molar refractivity (Wildman–Crippen MR) is 80.0 cm³/mol. The molecule has 2 aromatic rings. The summed E-state index contributed by atoms with van der Waals surface area (Å²) in [7, 11) is 0. The summed E-state index contributed by atoms with van der Waals surface area (Å²) < 4.78 is 5.48. The summed E-state index contributed by atoms with van der Waals surface area (Å²) in [5, 5.41) is 0. The van der Waals surface area contributed by atoms with Gasteiger partial charge in [-0.2, -0.15) is 0 Å². The molecule has 5 nitrogen and oxygen atoms in total. The lowest BCUT2D eigenvalue weighted by Crippen LogP contribution is -2.40. The summed E-state index contributed by atoms with van der Waals surface area (Å²) in [6, 6.07) is 10.9. The van der Waals surface area contributed by atoms with Crippen LogP contribution in [0.1, 0.15) is 18.2 Å². The molecule has 0 radical (unpaired) electrons. The highest BCUT2D eigenvalue weighted by molar-refractivity contribution is 5.90. The lowest BCUT2D eigenvalue weighted by Gasteiger charge is -2.27. The number of hydrogen-bond acceptors (Lipinski definition) is 4. The molecule has 0 fully saturated rings. The van der Waals surface area contributed by atoms with Crippen LogP contribution in [0.4, 0.5) is 5.69 Å². The third-order valence-corrected chi connectivity index (χ3v) is 3.75. The molecule has 0 aliphatic carbocycles. The van der Waals surface area contributed by atoms with Gasteiger partial charge in [0.25, 0.3) is 0 Å². The number of pyridine rings is 1. The lowest BCUT2D eigenvalue weighted by molar-refractivity contribution is -0.121. The van der Waals surface area contributed by atoms with Crippen molar-refractivity contribution in [1.29, 1.82) is 0 Å². The van der Waals surface area contributed by atoms with Gasteiger partial charge in [0, 0.05) is 12.4 Å². The SMILES string of the molecule is CC(C(N)=O)(c1ccc2c(c1)N=CCO2)c1ccccn1. The third kappa shape index (κ3) is 2.16. The van der Waals surface area contributed by atoms with Gasteiger partial charge in [0.2, 0.25) is 5.91 Å². The lowest BCUT2D eigenvalue weighted by atomic mass is 9.78. The Labute approximate surface area is 122 Å². The summed E-state index contributed by atoms with van der Waals surface area (Å²) in [6.07, 6.45) is 3.34. The highest BCUT2D eigenvalue weighted by Gasteiger charge is 2.37. The average Bonchev–Trinajstić information content (AvgIpc) is 2.54. The molecule has 3 rings (SSSR count). The summed E-state index contributed by atoms with van der Waals surface area (Å²) >= 11 is 0. The van der Waals surface area contributed by atoms with E-state index in [-0.39, 0.29) is 0 Å². The van der Waals surface area contributed by atoms with E-state index in [0.717, 1.165) is 5.56 Å². The first-order chi connectivity index (χ1) is 10.1. The van der Waals surface area contributed by atoms with E-state index in [2.05, 4.69) is 9.98 Å². The van der Waals surface area contributed by atoms with Crippen molar-refractivity contribution >= 4 is 17.8 Å². The van der Waals surface area contributed by atoms with Gasteiger partial charge in [-0.15, -0.1) is 0 Å². The molecule has 2 heterocycles. The maximum Gasteiger partial charge on any atom is 0.233 e. The Bertz CT molecular complexity index is 713. The van der Waals surface area contributed by atoms with Gasteiger partial charge in [0.1, 0.15) is 23.5 Å². The van der Waals surface area contributed by atoms with E-state index in [1.54, 1.807) is 31.5 Å². The fourth-order valence-corrected chi connectivity index (χ4v) is 2.39. The van der Waals surface area contributed by atoms with Crippen LogP contribution in [-0.4, -0.2) is 23.7 Å². The van der Waals surface area contributed by atoms with Crippen molar-refractivity contribution in [3.8, 4) is 5.75 Å². The molecule has 1 atom stereocenters. The number of nitrogens with zero attached hydrogens (tertiary/aromatic N) is 2. The van der Waals surface area contributed by atoms with Crippen molar-refractivity contribution in [2.24, 2.45) is 10.7 Å². The third-order valence-electron chi connectivity index (χ3n) is 3.75. The molecule has 1 aromatic heterocycles. The molecule has 1 aromatic carbocycles. The van der Waals surface area contributed by atoms with Crippen LogP contribution in [0.2, 0.25) is 0 Å². The molecule has 21 heavy (non-hydrogen) atoms. The number of ether oxygens (including phenoxy) is 1. The maximum atomic E-state index is 12.1. The molecule has 106 valence electrons. The van der Waals surface area contributed by atoms with Crippen molar-refractivity contribution in [1.82, 2.24) is 4.98 Å². The van der Waals surface area contributed by atoms with Gasteiger partial charge < -0.3 is 10.5 Å². The minimum atomic E-state index is -1.01. The first-order valence-electron chi connectivity index (χ1n) is 6.63. The van der Waals surface area contributed by atoms with Crippen LogP contribution in [0.25, 0.3) is 0 Å². The molecule has 1 aliphatic rings. The summed E-state index contributed by atoms with van der Waals surface area (Å²) in [5.41, 5.74) is 6.70. The molecular formula is C16H15N3O2. The van der Waals surface area contributed by atoms with Gasteiger partial charge in [0.15, 0.2) is 0 Å². The van der Waals surface area contributed by atoms with Crippen LogP contribution in [0, 0.1) is 0 Å². The van der Waals surface area contributed by atoms with E-state index in [1.165, 1.54) is 0 Å². The second kappa shape index (κ2) is 5.01. The number of primary amides is 1. The van der Waals surface area contributed by atoms with E-state index in [1.807, 2.05) is 24.3 Å². The van der Waals surface area contributed by atoms with Gasteiger partial charge >= 0.3 is 0 Å². The van der Waals surface area contributed by atoms with Crippen molar-refractivity contribution in [3.63, 3.8) is 0 Å². The molecule has 0 saturated carbocycles. The predicted octanol–water partition coefficient (Wildman–Crippen LogP) is 1.97. The number of aliphatic imine (C=N–C) groups is 1. The monoisotopic (exact) mass is 281 g/mol. The maximum absolute atomic E-state index is 12.1. The number of rotatable bonds is 3. The smallest absolute Gasteiger partial charge is 0.233 e. The van der Waals surface area contributed by atoms with Crippen LogP contribution < -0.4 is 10.5 Å². The van der Waals surface area contributed by atoms with Gasteiger partial charge in [0.05, 0.1) is 5.69 Å². The molecule has 0 spiro atoms. The van der Waals surface area contributed by atoms with Crippen LogP contribution in [0.15, 0.2) is 47.6 Å². The zero-order valence-corrected chi connectivity index (χ0v) is 11.6. The first-order valence-corrected chi connectivity index (χ1v) is 6.63. The molecule has 2 N–H and O–H groups in total. The number of nitrogens with two attached hydrogens (primary N) is 1. The molecule has 1 amide bonds. The van der Waals surface area contributed by atoms with Crippen molar-refractivity contribution < 1.29 is 9.53 Å². The Morgan fingerprint density at radius 1 is 1.33 bits per heavy atom. The van der Waals surface area contributed by atoms with E-state index in [0.29, 0.717) is 23.7 Å². The van der Waals surface area contributed by atoms with Crippen LogP contribution >= 0.6 is 0 Å². The molecular weight excluding hydrogens is 266 g/mol. The Morgan fingerprint density at radius 2 is 2.19 bits per heavy atom. The molecule has 1 aliphatic heterocycles. The van der Waals surface area contributed by atoms with Gasteiger partial charge in [-0.3, -0.25) is 14.8 Å². The number of carbonyl (C=O) groups is 1. The summed E-state index contributed by atoms with van der Waals surface area (Å²) in [6.45, 7) is 2.23. The number of hydrogen-bond donors (Lipinski definition) is 1. The van der Waals surface area contributed by atoms with E-state index < -0.39 is 11.3 Å². The Balaban J connectivity index is 2.15. The Kier molecular flexibility index (Phi) is 3.17. The van der Waals surface area contributed by atoms with Gasteiger partial charge in [-0.05, 0) is 36.8 Å². The van der Waals surface area contributed by atoms with Crippen LogP contribution in [-0.2, 0) is 10.2 Å². The van der Waals surface area contributed by atoms with E-state index in [9.17, 15) is 4.79 Å². The summed E-state index contributed by atoms with van der Waals surface area (Å²) in [5.74, 6) is 0.246. The van der Waals surface area contributed by atoms with E-state index >= 15 is 0 Å².